The van der Waals surface area contributed by atoms with Gasteiger partial charge in [0, 0.05) is 0 Å². The van der Waals surface area contributed by atoms with Crippen molar-refractivity contribution in [2.24, 2.45) is 5.73 Å². The van der Waals surface area contributed by atoms with E-state index in [-0.39, 0.29) is 18.8 Å². The molecule has 0 aliphatic rings. The van der Waals surface area contributed by atoms with Crippen molar-refractivity contribution in [3.05, 3.63) is 62.3 Å². The molecule has 30 heavy (non-hydrogen) atoms. The summed E-state index contributed by atoms with van der Waals surface area (Å²) in [4.78, 5) is 13.2. The van der Waals surface area contributed by atoms with E-state index in [1.165, 1.54) is 31.8 Å². The Labute approximate surface area is 194 Å². The van der Waals surface area contributed by atoms with Crippen molar-refractivity contribution in [2.45, 2.75) is 39.8 Å². The van der Waals surface area contributed by atoms with Crippen LogP contribution in [-0.4, -0.2) is 41.7 Å². The van der Waals surface area contributed by atoms with Crippen LogP contribution in [0.25, 0.3) is 0 Å². The van der Waals surface area contributed by atoms with Crippen molar-refractivity contribution in [1.29, 1.82) is 0 Å². The number of rotatable bonds is 9. The van der Waals surface area contributed by atoms with Crippen LogP contribution in [0.5, 0.6) is 5.75 Å². The Balaban J connectivity index is 0.000000553. The largest absolute Gasteiger partial charge is 0.487 e. The van der Waals surface area contributed by atoms with Gasteiger partial charge in [0.25, 0.3) is 0 Å². The molecular weight excluding hydrogens is 519 g/mol. The maximum absolute atomic E-state index is 13.2. The molecule has 0 aliphatic heterocycles. The van der Waals surface area contributed by atoms with Crippen LogP contribution in [0.2, 0.25) is 0 Å². The van der Waals surface area contributed by atoms with Crippen LogP contribution in [0.15, 0.2) is 45.3 Å². The first-order valence-corrected chi connectivity index (χ1v) is 11.4. The third kappa shape index (κ3) is 9.12. The molecule has 0 saturated carbocycles. The van der Waals surface area contributed by atoms with E-state index in [4.69, 9.17) is 15.6 Å². The molecule has 3 N–H and O–H groups in total. The van der Waals surface area contributed by atoms with Crippen molar-refractivity contribution in [3.63, 3.8) is 0 Å². The predicted molar refractivity (Wildman–Crippen MR) is 125 cm³/mol. The van der Waals surface area contributed by atoms with Gasteiger partial charge in [0.05, 0.1) is 8.95 Å². The fourth-order valence-corrected chi connectivity index (χ4v) is 4.17. The zero-order valence-corrected chi connectivity index (χ0v) is 20.7. The molecule has 0 amide bonds. The van der Waals surface area contributed by atoms with Gasteiger partial charge in [-0.25, -0.2) is 4.39 Å². The van der Waals surface area contributed by atoms with Crippen LogP contribution in [0.1, 0.15) is 31.9 Å². The Morgan fingerprint density at radius 1 is 1.10 bits per heavy atom. The second-order valence-corrected chi connectivity index (χ2v) is 8.28. The number of hydrogen-bond donors (Lipinski definition) is 2. The number of ether oxygens (including phenoxy) is 1. The molecular formula is C22H29Br2FN2O3. The molecule has 2 aromatic rings. The van der Waals surface area contributed by atoms with E-state index in [1.807, 2.05) is 0 Å². The first kappa shape index (κ1) is 26.6. The minimum Gasteiger partial charge on any atom is -0.487 e. The van der Waals surface area contributed by atoms with Crippen LogP contribution in [0.4, 0.5) is 4.39 Å². The SMILES string of the molecule is CCN(CC)CC.NC(Cc1cc(Br)c(OCc2cccc(F)c2)c(Br)c1)C(=O)O. The fraction of sp³-hybridized carbons (Fsp3) is 0.409. The molecule has 5 nitrogen and oxygen atoms in total. The number of nitrogens with zero attached hydrogens (tertiary/aromatic N) is 1. The summed E-state index contributed by atoms with van der Waals surface area (Å²) in [6, 6.07) is 8.72. The average molecular weight is 548 g/mol. The van der Waals surface area contributed by atoms with Gasteiger partial charge < -0.3 is 20.5 Å². The van der Waals surface area contributed by atoms with Gasteiger partial charge in [0.2, 0.25) is 0 Å². The number of benzene rings is 2. The average Bonchev–Trinajstić information content (AvgIpc) is 2.69. The minimum absolute atomic E-state index is 0.205. The van der Waals surface area contributed by atoms with Gasteiger partial charge >= 0.3 is 5.97 Å². The lowest BCUT2D eigenvalue weighted by Crippen LogP contribution is -2.32. The highest BCUT2D eigenvalue weighted by atomic mass is 79.9. The van der Waals surface area contributed by atoms with Gasteiger partial charge in [0.1, 0.15) is 24.2 Å². The fourth-order valence-electron chi connectivity index (χ4n) is 2.66. The van der Waals surface area contributed by atoms with E-state index in [9.17, 15) is 9.18 Å². The zero-order valence-electron chi connectivity index (χ0n) is 17.5. The van der Waals surface area contributed by atoms with Gasteiger partial charge in [-0.05, 0) is 93.3 Å². The number of carbonyl (C=O) groups is 1. The Kier molecular flexibility index (Phi) is 12.2. The lowest BCUT2D eigenvalue weighted by molar-refractivity contribution is -0.138. The summed E-state index contributed by atoms with van der Waals surface area (Å²) in [7, 11) is 0. The summed E-state index contributed by atoms with van der Waals surface area (Å²) in [5.74, 6) is -0.812. The smallest absolute Gasteiger partial charge is 0.320 e. The predicted octanol–water partition coefficient (Wildman–Crippen LogP) is 5.23. The number of halogens is 3. The summed E-state index contributed by atoms with van der Waals surface area (Å²) >= 11 is 6.79. The van der Waals surface area contributed by atoms with E-state index in [0.29, 0.717) is 20.3 Å². The van der Waals surface area contributed by atoms with Crippen LogP contribution in [0.3, 0.4) is 0 Å². The summed E-state index contributed by atoms with van der Waals surface area (Å²) in [6.45, 7) is 10.3. The van der Waals surface area contributed by atoms with Gasteiger partial charge in [-0.1, -0.05) is 32.9 Å². The third-order valence-electron chi connectivity index (χ3n) is 4.44. The van der Waals surface area contributed by atoms with E-state index >= 15 is 0 Å². The Bertz CT molecular complexity index is 788. The van der Waals surface area contributed by atoms with Crippen molar-refractivity contribution in [1.82, 2.24) is 4.90 Å². The topological polar surface area (TPSA) is 75.8 Å². The standard InChI is InChI=1S/C16H14Br2FNO3.C6H15N/c17-12-5-10(7-14(20)16(21)22)6-13(18)15(12)23-8-9-2-1-3-11(19)4-9;1-4-7(5-2)6-3/h1-6,14H,7-8,20H2,(H,21,22);4-6H2,1-3H3. The number of aliphatic carboxylic acids is 1. The Morgan fingerprint density at radius 3 is 2.10 bits per heavy atom. The normalized spacial score (nSPS) is 11.6. The summed E-state index contributed by atoms with van der Waals surface area (Å²) in [5, 5.41) is 8.87. The van der Waals surface area contributed by atoms with Crippen molar-refractivity contribution >= 4 is 37.8 Å². The second-order valence-electron chi connectivity index (χ2n) is 6.58. The summed E-state index contributed by atoms with van der Waals surface area (Å²) in [6.07, 6.45) is 0.205. The molecule has 0 spiro atoms. The molecule has 0 bridgehead atoms. The van der Waals surface area contributed by atoms with Gasteiger partial charge in [0.15, 0.2) is 0 Å². The number of hydrogen-bond acceptors (Lipinski definition) is 4. The highest BCUT2D eigenvalue weighted by molar-refractivity contribution is 9.11. The van der Waals surface area contributed by atoms with Crippen molar-refractivity contribution in [3.8, 4) is 5.75 Å². The Morgan fingerprint density at radius 2 is 1.67 bits per heavy atom. The maximum atomic E-state index is 13.2. The quantitative estimate of drug-likeness (QED) is 0.449. The molecule has 0 saturated heterocycles. The summed E-state index contributed by atoms with van der Waals surface area (Å²) in [5.41, 5.74) is 7.01. The van der Waals surface area contributed by atoms with Gasteiger partial charge in [-0.15, -0.1) is 0 Å². The molecule has 2 rings (SSSR count). The van der Waals surface area contributed by atoms with Crippen LogP contribution in [0, 0.1) is 5.82 Å². The molecule has 0 aromatic heterocycles. The van der Waals surface area contributed by atoms with Crippen molar-refractivity contribution in [2.75, 3.05) is 19.6 Å². The molecule has 0 aliphatic carbocycles. The molecule has 166 valence electrons. The third-order valence-corrected chi connectivity index (χ3v) is 5.62. The molecule has 1 atom stereocenters. The second kappa shape index (κ2) is 13.7. The molecule has 0 heterocycles. The Hall–Kier alpha value is -1.48. The number of carboxylic acids is 1. The van der Waals surface area contributed by atoms with E-state index in [1.54, 1.807) is 24.3 Å². The van der Waals surface area contributed by atoms with E-state index < -0.39 is 12.0 Å². The highest BCUT2D eigenvalue weighted by Crippen LogP contribution is 2.35. The lowest BCUT2D eigenvalue weighted by Gasteiger charge is -2.13. The van der Waals surface area contributed by atoms with Crippen LogP contribution < -0.4 is 10.5 Å². The lowest BCUT2D eigenvalue weighted by atomic mass is 10.1. The number of nitrogens with two attached hydrogens (primary N) is 1. The van der Waals surface area contributed by atoms with Crippen LogP contribution in [-0.2, 0) is 17.8 Å². The monoisotopic (exact) mass is 546 g/mol. The van der Waals surface area contributed by atoms with Gasteiger partial charge in [-0.3, -0.25) is 4.79 Å². The first-order chi connectivity index (χ1) is 14.2. The number of carboxylic acid groups (broad SMARTS) is 1. The van der Waals surface area contributed by atoms with Gasteiger partial charge in [-0.2, -0.15) is 0 Å². The zero-order chi connectivity index (χ0) is 22.7. The van der Waals surface area contributed by atoms with Crippen molar-refractivity contribution < 1.29 is 19.0 Å². The minimum atomic E-state index is -1.05. The van der Waals surface area contributed by atoms with E-state index in [0.717, 1.165) is 5.56 Å². The highest BCUT2D eigenvalue weighted by Gasteiger charge is 2.15. The molecule has 0 fully saturated rings. The van der Waals surface area contributed by atoms with E-state index in [2.05, 4.69) is 57.5 Å². The molecule has 2 aromatic carbocycles. The molecule has 1 unspecified atom stereocenters. The van der Waals surface area contributed by atoms with Crippen LogP contribution >= 0.6 is 31.9 Å². The maximum Gasteiger partial charge on any atom is 0.320 e. The molecule has 0 radical (unpaired) electrons. The summed E-state index contributed by atoms with van der Waals surface area (Å²) < 4.78 is 20.2. The first-order valence-electron chi connectivity index (χ1n) is 9.77. The molecule has 8 heteroatoms.